The van der Waals surface area contributed by atoms with Gasteiger partial charge in [0.25, 0.3) is 0 Å². The van der Waals surface area contributed by atoms with Crippen molar-refractivity contribution >= 4 is 5.97 Å². The van der Waals surface area contributed by atoms with E-state index < -0.39 is 0 Å². The Balaban J connectivity index is 1.91. The summed E-state index contributed by atoms with van der Waals surface area (Å²) < 4.78 is 4.99. The van der Waals surface area contributed by atoms with Crippen LogP contribution in [-0.2, 0) is 9.53 Å². The minimum atomic E-state index is -0.118. The van der Waals surface area contributed by atoms with Gasteiger partial charge in [0.2, 0.25) is 0 Å². The molecule has 4 rings (SSSR count). The van der Waals surface area contributed by atoms with Crippen LogP contribution in [0.2, 0.25) is 0 Å². The average Bonchev–Trinajstić information content (AvgIpc) is 2.45. The fourth-order valence-electron chi connectivity index (χ4n) is 3.64. The third kappa shape index (κ3) is 1.91. The van der Waals surface area contributed by atoms with Crippen LogP contribution < -0.4 is 0 Å². The number of phenols is 1. The molecule has 2 aliphatic heterocycles. The van der Waals surface area contributed by atoms with Crippen LogP contribution in [0.25, 0.3) is 0 Å². The van der Waals surface area contributed by atoms with Crippen LogP contribution in [0.15, 0.2) is 24.3 Å². The van der Waals surface area contributed by atoms with Gasteiger partial charge in [-0.1, -0.05) is 12.1 Å². The Labute approximate surface area is 113 Å². The van der Waals surface area contributed by atoms with Gasteiger partial charge in [0.05, 0.1) is 13.0 Å². The van der Waals surface area contributed by atoms with Gasteiger partial charge in [0.1, 0.15) is 5.75 Å². The maximum absolute atomic E-state index is 12.1. The minimum Gasteiger partial charge on any atom is -0.508 e. The highest BCUT2D eigenvalue weighted by molar-refractivity contribution is 5.75. The second-order valence-electron chi connectivity index (χ2n) is 5.61. The molecule has 1 N–H and O–H groups in total. The number of carbonyl (C=O) groups is 1. The largest absolute Gasteiger partial charge is 0.508 e. The first kappa shape index (κ1) is 12.5. The number of ether oxygens (including phenoxy) is 1. The molecule has 4 heteroatoms. The van der Waals surface area contributed by atoms with E-state index in [-0.39, 0.29) is 23.6 Å². The lowest BCUT2D eigenvalue weighted by Crippen LogP contribution is -2.64. The zero-order chi connectivity index (χ0) is 13.6. The highest BCUT2D eigenvalue weighted by Gasteiger charge is 2.53. The SMILES string of the molecule is COC(=O)C1C(c2ccc(O)cc2)CC2CC1N2C. The van der Waals surface area contributed by atoms with E-state index in [2.05, 4.69) is 11.9 Å². The Morgan fingerprint density at radius 2 is 2.00 bits per heavy atom. The normalized spacial score (nSPS) is 33.6. The molecule has 1 saturated carbocycles. The zero-order valence-electron chi connectivity index (χ0n) is 11.2. The van der Waals surface area contributed by atoms with Gasteiger partial charge in [-0.3, -0.25) is 9.69 Å². The Kier molecular flexibility index (Phi) is 2.97. The molecule has 0 radical (unpaired) electrons. The highest BCUT2D eigenvalue weighted by atomic mass is 16.5. The van der Waals surface area contributed by atoms with Crippen molar-refractivity contribution in [2.24, 2.45) is 5.92 Å². The molecule has 0 spiro atoms. The monoisotopic (exact) mass is 261 g/mol. The van der Waals surface area contributed by atoms with Crippen LogP contribution in [0.3, 0.4) is 0 Å². The van der Waals surface area contributed by atoms with E-state index in [0.29, 0.717) is 12.1 Å². The standard InChI is InChI=1S/C15H19NO3/c1-16-10-7-12(9-3-5-11(17)6-4-9)14(13(16)8-10)15(18)19-2/h3-6,10,12-14,17H,7-8H2,1-2H3. The van der Waals surface area contributed by atoms with E-state index >= 15 is 0 Å². The average molecular weight is 261 g/mol. The molecule has 4 atom stereocenters. The van der Waals surface area contributed by atoms with E-state index in [1.807, 2.05) is 12.1 Å². The van der Waals surface area contributed by atoms with Gasteiger partial charge in [0, 0.05) is 18.0 Å². The lowest BCUT2D eigenvalue weighted by Gasteiger charge is -2.57. The van der Waals surface area contributed by atoms with Crippen molar-refractivity contribution in [1.82, 2.24) is 4.90 Å². The number of nitrogens with zero attached hydrogens (tertiary/aromatic N) is 1. The molecule has 2 heterocycles. The quantitative estimate of drug-likeness (QED) is 0.824. The number of benzene rings is 1. The maximum atomic E-state index is 12.1. The Morgan fingerprint density at radius 3 is 2.58 bits per heavy atom. The predicted molar refractivity (Wildman–Crippen MR) is 70.9 cm³/mol. The molecule has 4 unspecified atom stereocenters. The predicted octanol–water partition coefficient (Wildman–Crippen LogP) is 1.74. The molecule has 3 aliphatic rings. The summed E-state index contributed by atoms with van der Waals surface area (Å²) in [5, 5.41) is 9.38. The summed E-state index contributed by atoms with van der Waals surface area (Å²) in [6.45, 7) is 0. The van der Waals surface area contributed by atoms with Crippen molar-refractivity contribution in [2.75, 3.05) is 14.2 Å². The van der Waals surface area contributed by atoms with Crippen LogP contribution >= 0.6 is 0 Å². The Hall–Kier alpha value is -1.55. The summed E-state index contributed by atoms with van der Waals surface area (Å²) in [5.41, 5.74) is 1.12. The lowest BCUT2D eigenvalue weighted by atomic mass is 9.64. The number of hydrogen-bond acceptors (Lipinski definition) is 4. The Bertz CT molecular complexity index is 485. The van der Waals surface area contributed by atoms with Gasteiger partial charge >= 0.3 is 5.97 Å². The third-order valence-electron chi connectivity index (χ3n) is 4.78. The van der Waals surface area contributed by atoms with E-state index in [9.17, 15) is 9.90 Å². The first-order valence-corrected chi connectivity index (χ1v) is 6.70. The molecule has 1 aromatic rings. The van der Waals surface area contributed by atoms with Crippen LogP contribution in [-0.4, -0.2) is 42.2 Å². The molecule has 1 aromatic carbocycles. The van der Waals surface area contributed by atoms with Gasteiger partial charge in [-0.2, -0.15) is 0 Å². The van der Waals surface area contributed by atoms with Crippen LogP contribution in [0.5, 0.6) is 5.75 Å². The molecule has 1 aliphatic carbocycles. The molecule has 2 saturated heterocycles. The van der Waals surface area contributed by atoms with Gasteiger partial charge < -0.3 is 9.84 Å². The number of aromatic hydroxyl groups is 1. The lowest BCUT2D eigenvalue weighted by molar-refractivity contribution is -0.159. The van der Waals surface area contributed by atoms with E-state index in [1.165, 1.54) is 7.11 Å². The number of piperidine rings is 1. The third-order valence-corrected chi connectivity index (χ3v) is 4.78. The molecule has 2 bridgehead atoms. The van der Waals surface area contributed by atoms with Crippen LogP contribution in [0.4, 0.5) is 0 Å². The summed E-state index contributed by atoms with van der Waals surface area (Å²) in [5.74, 6) is 0.252. The van der Waals surface area contributed by atoms with Crippen molar-refractivity contribution in [3.8, 4) is 5.75 Å². The summed E-state index contributed by atoms with van der Waals surface area (Å²) in [6.07, 6.45) is 2.07. The molecule has 4 nitrogen and oxygen atoms in total. The van der Waals surface area contributed by atoms with Crippen LogP contribution in [0, 0.1) is 5.92 Å². The minimum absolute atomic E-state index is 0.0930. The number of hydrogen-bond donors (Lipinski definition) is 1. The summed E-state index contributed by atoms with van der Waals surface area (Å²) in [4.78, 5) is 14.4. The Morgan fingerprint density at radius 1 is 1.32 bits per heavy atom. The first-order valence-electron chi connectivity index (χ1n) is 6.70. The van der Waals surface area contributed by atoms with Gasteiger partial charge in [-0.05, 0) is 37.6 Å². The smallest absolute Gasteiger partial charge is 0.310 e. The first-order chi connectivity index (χ1) is 9.11. The van der Waals surface area contributed by atoms with Crippen molar-refractivity contribution in [3.63, 3.8) is 0 Å². The molecule has 19 heavy (non-hydrogen) atoms. The highest BCUT2D eigenvalue weighted by Crippen LogP contribution is 2.49. The summed E-state index contributed by atoms with van der Waals surface area (Å²) >= 11 is 0. The second kappa shape index (κ2) is 4.53. The fraction of sp³-hybridized carbons (Fsp3) is 0.533. The maximum Gasteiger partial charge on any atom is 0.310 e. The van der Waals surface area contributed by atoms with Crippen LogP contribution in [0.1, 0.15) is 24.3 Å². The summed E-state index contributed by atoms with van der Waals surface area (Å²) in [6, 6.07) is 8.08. The molecule has 0 aromatic heterocycles. The second-order valence-corrected chi connectivity index (χ2v) is 5.61. The molecule has 102 valence electrons. The molecular weight excluding hydrogens is 242 g/mol. The number of phenolic OH excluding ortho intramolecular Hbond substituents is 1. The number of rotatable bonds is 2. The van der Waals surface area contributed by atoms with E-state index in [4.69, 9.17) is 4.74 Å². The van der Waals surface area contributed by atoms with Crippen molar-refractivity contribution < 1.29 is 14.6 Å². The van der Waals surface area contributed by atoms with Crippen molar-refractivity contribution in [2.45, 2.75) is 30.8 Å². The van der Waals surface area contributed by atoms with E-state index in [0.717, 1.165) is 18.4 Å². The number of carbonyl (C=O) groups excluding carboxylic acids is 1. The van der Waals surface area contributed by atoms with Gasteiger partial charge in [-0.15, -0.1) is 0 Å². The fourth-order valence-corrected chi connectivity index (χ4v) is 3.64. The number of methoxy groups -OCH3 is 1. The molecular formula is C15H19NO3. The summed E-state index contributed by atoms with van der Waals surface area (Å²) in [7, 11) is 3.54. The van der Waals surface area contributed by atoms with Crippen molar-refractivity contribution in [3.05, 3.63) is 29.8 Å². The molecule has 0 amide bonds. The van der Waals surface area contributed by atoms with Gasteiger partial charge in [-0.25, -0.2) is 0 Å². The van der Waals surface area contributed by atoms with Crippen molar-refractivity contribution in [1.29, 1.82) is 0 Å². The number of fused-ring (bicyclic) bond motifs is 2. The zero-order valence-corrected chi connectivity index (χ0v) is 11.2. The topological polar surface area (TPSA) is 49.8 Å². The van der Waals surface area contributed by atoms with Gasteiger partial charge in [0.15, 0.2) is 0 Å². The molecule has 3 fully saturated rings. The van der Waals surface area contributed by atoms with E-state index in [1.54, 1.807) is 12.1 Å². The number of esters is 1.